The average molecular weight is 377 g/mol. The van der Waals surface area contributed by atoms with E-state index in [-0.39, 0.29) is 16.7 Å². The summed E-state index contributed by atoms with van der Waals surface area (Å²) >= 11 is 5.56. The van der Waals surface area contributed by atoms with Crippen LogP contribution in [0.15, 0.2) is 0 Å². The van der Waals surface area contributed by atoms with Crippen LogP contribution in [0.5, 0.6) is 0 Å². The van der Waals surface area contributed by atoms with E-state index < -0.39 is 24.0 Å². The van der Waals surface area contributed by atoms with Crippen molar-refractivity contribution < 1.29 is 32.2 Å². The van der Waals surface area contributed by atoms with Gasteiger partial charge in [-0.3, -0.25) is 9.59 Å². The van der Waals surface area contributed by atoms with E-state index in [2.05, 4.69) is 5.32 Å². The lowest BCUT2D eigenvalue weighted by atomic mass is 10.3. The number of ether oxygens (including phenoxy) is 2. The normalized spacial score (nSPS) is 11.6. The van der Waals surface area contributed by atoms with E-state index in [9.17, 15) is 22.8 Å². The molecule has 0 aliphatic carbocycles. The SMILES string of the molecule is CCNC(C)=O.CCOC(=S)SC(CCC(F)(F)F)OC(C)=O. The number of thioether (sulfide) groups is 1. The van der Waals surface area contributed by atoms with E-state index in [0.717, 1.165) is 25.2 Å². The van der Waals surface area contributed by atoms with Crippen LogP contribution in [-0.4, -0.2) is 41.0 Å². The molecule has 23 heavy (non-hydrogen) atoms. The van der Waals surface area contributed by atoms with Crippen molar-refractivity contribution in [3.8, 4) is 0 Å². The lowest BCUT2D eigenvalue weighted by Crippen LogP contribution is -2.19. The Kier molecular flexibility index (Phi) is 14.1. The lowest BCUT2D eigenvalue weighted by molar-refractivity contribution is -0.150. The van der Waals surface area contributed by atoms with E-state index in [4.69, 9.17) is 21.7 Å². The number of hydrogen-bond acceptors (Lipinski definition) is 6. The highest BCUT2D eigenvalue weighted by Gasteiger charge is 2.30. The van der Waals surface area contributed by atoms with Gasteiger partial charge in [-0.2, -0.15) is 13.2 Å². The van der Waals surface area contributed by atoms with Crippen molar-refractivity contribution in [2.45, 2.75) is 52.1 Å². The van der Waals surface area contributed by atoms with Gasteiger partial charge in [0.25, 0.3) is 0 Å². The molecule has 10 heteroatoms. The van der Waals surface area contributed by atoms with Crippen LogP contribution in [0.4, 0.5) is 13.2 Å². The topological polar surface area (TPSA) is 64.6 Å². The van der Waals surface area contributed by atoms with Crippen molar-refractivity contribution >= 4 is 40.2 Å². The summed E-state index contributed by atoms with van der Waals surface area (Å²) in [6, 6.07) is 0. The highest BCUT2D eigenvalue weighted by Crippen LogP contribution is 2.28. The molecule has 1 amide bonds. The zero-order chi connectivity index (χ0) is 18.5. The van der Waals surface area contributed by atoms with Crippen molar-refractivity contribution in [2.24, 2.45) is 0 Å². The van der Waals surface area contributed by atoms with E-state index in [0.29, 0.717) is 6.61 Å². The molecule has 0 bridgehead atoms. The van der Waals surface area contributed by atoms with Gasteiger partial charge in [0.1, 0.15) is 0 Å². The number of hydrogen-bond donors (Lipinski definition) is 1. The van der Waals surface area contributed by atoms with Gasteiger partial charge in [0, 0.05) is 33.2 Å². The third kappa shape index (κ3) is 21.0. The molecule has 1 N–H and O–H groups in total. The molecule has 5 nitrogen and oxygen atoms in total. The molecular formula is C13H22F3NO4S2. The second-order valence-corrected chi connectivity index (χ2v) is 5.84. The van der Waals surface area contributed by atoms with Gasteiger partial charge < -0.3 is 14.8 Å². The van der Waals surface area contributed by atoms with Crippen LogP contribution in [0.3, 0.4) is 0 Å². The fourth-order valence-electron chi connectivity index (χ4n) is 1.12. The Bertz CT molecular complexity index is 379. The van der Waals surface area contributed by atoms with Crippen molar-refractivity contribution in [3.63, 3.8) is 0 Å². The number of nitrogens with one attached hydrogen (secondary N) is 1. The fourth-order valence-corrected chi connectivity index (χ4v) is 2.38. The second kappa shape index (κ2) is 13.4. The first-order valence-corrected chi connectivity index (χ1v) is 8.12. The van der Waals surface area contributed by atoms with Crippen LogP contribution in [-0.2, 0) is 19.1 Å². The van der Waals surface area contributed by atoms with Gasteiger partial charge in [-0.1, -0.05) is 0 Å². The molecule has 1 atom stereocenters. The third-order valence-electron chi connectivity index (χ3n) is 1.88. The van der Waals surface area contributed by atoms with Gasteiger partial charge in [0.15, 0.2) is 5.44 Å². The van der Waals surface area contributed by atoms with E-state index in [1.165, 1.54) is 6.92 Å². The Hall–Kier alpha value is -1.03. The maximum Gasteiger partial charge on any atom is 0.389 e. The smallest absolute Gasteiger partial charge is 0.389 e. The molecule has 0 aromatic rings. The zero-order valence-electron chi connectivity index (χ0n) is 13.5. The third-order valence-corrected chi connectivity index (χ3v) is 3.19. The molecule has 0 aromatic heterocycles. The summed E-state index contributed by atoms with van der Waals surface area (Å²) in [4.78, 5) is 20.6. The van der Waals surface area contributed by atoms with Crippen LogP contribution in [0, 0.1) is 0 Å². The molecule has 0 aromatic carbocycles. The highest BCUT2D eigenvalue weighted by molar-refractivity contribution is 8.22. The molecule has 0 rings (SSSR count). The first-order chi connectivity index (χ1) is 10.5. The van der Waals surface area contributed by atoms with Gasteiger partial charge in [-0.15, -0.1) is 0 Å². The molecule has 1 unspecified atom stereocenters. The number of amides is 1. The number of carbonyl (C=O) groups excluding carboxylic acids is 2. The van der Waals surface area contributed by atoms with Crippen molar-refractivity contribution in [2.75, 3.05) is 13.2 Å². The molecule has 136 valence electrons. The van der Waals surface area contributed by atoms with Gasteiger partial charge in [0.2, 0.25) is 10.3 Å². The second-order valence-electron chi connectivity index (χ2n) is 4.08. The Balaban J connectivity index is 0. The van der Waals surface area contributed by atoms with Crippen LogP contribution in [0.1, 0.15) is 40.5 Å². The Labute approximate surface area is 143 Å². The molecule has 0 radical (unpaired) electrons. The quantitative estimate of drug-likeness (QED) is 0.435. The van der Waals surface area contributed by atoms with Gasteiger partial charge >= 0.3 is 12.1 Å². The van der Waals surface area contributed by atoms with Gasteiger partial charge in [0.05, 0.1) is 6.61 Å². The molecule has 0 saturated heterocycles. The highest BCUT2D eigenvalue weighted by atomic mass is 32.2. The first kappa shape index (κ1) is 24.2. The van der Waals surface area contributed by atoms with E-state index in [1.807, 2.05) is 6.92 Å². The summed E-state index contributed by atoms with van der Waals surface area (Å²) in [6.45, 7) is 7.27. The van der Waals surface area contributed by atoms with Crippen molar-refractivity contribution in [1.29, 1.82) is 0 Å². The maximum absolute atomic E-state index is 12.0. The van der Waals surface area contributed by atoms with Crippen molar-refractivity contribution in [3.05, 3.63) is 0 Å². The average Bonchev–Trinajstić information content (AvgIpc) is 2.35. The van der Waals surface area contributed by atoms with Crippen LogP contribution < -0.4 is 5.32 Å². The minimum absolute atomic E-state index is 0.0394. The first-order valence-electron chi connectivity index (χ1n) is 6.83. The van der Waals surface area contributed by atoms with Crippen LogP contribution >= 0.6 is 24.0 Å². The summed E-state index contributed by atoms with van der Waals surface area (Å²) in [5, 5.41) is 2.57. The molecule has 0 aliphatic rings. The van der Waals surface area contributed by atoms with Gasteiger partial charge in [-0.25, -0.2) is 0 Å². The standard InChI is InChI=1S/C9H13F3O3S2.C4H9NO/c1-3-14-8(16)17-7(15-6(2)13)4-5-9(10,11)12;1-3-5-4(2)6/h7H,3-5H2,1-2H3;3H2,1-2H3,(H,5,6). The Morgan fingerprint density at radius 1 is 1.26 bits per heavy atom. The summed E-state index contributed by atoms with van der Waals surface area (Å²) in [7, 11) is 0. The monoisotopic (exact) mass is 377 g/mol. The fraction of sp³-hybridized carbons (Fsp3) is 0.769. The summed E-state index contributed by atoms with van der Waals surface area (Å²) < 4.78 is 45.8. The number of halogens is 3. The van der Waals surface area contributed by atoms with Crippen LogP contribution in [0.2, 0.25) is 0 Å². The largest absolute Gasteiger partial charge is 0.479 e. The Morgan fingerprint density at radius 2 is 1.83 bits per heavy atom. The number of thiocarbonyl (C=S) groups is 1. The number of carbonyl (C=O) groups is 2. The summed E-state index contributed by atoms with van der Waals surface area (Å²) in [5.41, 5.74) is -0.965. The number of rotatable bonds is 6. The minimum atomic E-state index is -4.29. The predicted molar refractivity (Wildman–Crippen MR) is 87.0 cm³/mol. The van der Waals surface area contributed by atoms with Crippen molar-refractivity contribution in [1.82, 2.24) is 5.32 Å². The molecule has 0 heterocycles. The van der Waals surface area contributed by atoms with Crippen LogP contribution in [0.25, 0.3) is 0 Å². The molecule has 0 fully saturated rings. The summed E-state index contributed by atoms with van der Waals surface area (Å²) in [5.74, 6) is -0.610. The lowest BCUT2D eigenvalue weighted by Gasteiger charge is -2.17. The molecule has 0 aliphatic heterocycles. The van der Waals surface area contributed by atoms with Gasteiger partial charge in [-0.05, 0) is 37.8 Å². The molecule has 0 saturated carbocycles. The number of esters is 1. The minimum Gasteiger partial charge on any atom is -0.479 e. The zero-order valence-corrected chi connectivity index (χ0v) is 15.1. The maximum atomic E-state index is 12.0. The van der Waals surface area contributed by atoms with E-state index >= 15 is 0 Å². The molecule has 0 spiro atoms. The summed E-state index contributed by atoms with van der Waals surface area (Å²) in [6.07, 6.45) is -5.67. The van der Waals surface area contributed by atoms with E-state index in [1.54, 1.807) is 6.92 Å². The predicted octanol–water partition coefficient (Wildman–Crippen LogP) is 3.42. The molecular weight excluding hydrogens is 355 g/mol. The Morgan fingerprint density at radius 3 is 2.13 bits per heavy atom. The number of alkyl halides is 3.